The van der Waals surface area contributed by atoms with Gasteiger partial charge in [0.2, 0.25) is 5.91 Å². The number of carboxylic acids is 1. The molecule has 2 aromatic rings. The number of thiazole rings is 1. The van der Waals surface area contributed by atoms with E-state index in [9.17, 15) is 24.6 Å². The maximum absolute atomic E-state index is 12.9. The van der Waals surface area contributed by atoms with Crippen LogP contribution in [0.2, 0.25) is 0 Å². The lowest BCUT2D eigenvalue weighted by Gasteiger charge is -2.41. The highest BCUT2D eigenvalue weighted by atomic mass is 32.1. The van der Waals surface area contributed by atoms with Gasteiger partial charge in [-0.25, -0.2) is 9.97 Å². The van der Waals surface area contributed by atoms with Gasteiger partial charge in [0.05, 0.1) is 30.7 Å². The number of hydrogen-bond acceptors (Lipinski definition) is 10. The Morgan fingerprint density at radius 1 is 1.36 bits per heavy atom. The lowest BCUT2D eigenvalue weighted by molar-refractivity contribution is -0.139. The lowest BCUT2D eigenvalue weighted by Crippen LogP contribution is -2.56. The van der Waals surface area contributed by atoms with Gasteiger partial charge in [0.25, 0.3) is 0 Å². The van der Waals surface area contributed by atoms with E-state index in [0.29, 0.717) is 35.4 Å². The molecule has 4 rings (SSSR count). The number of methoxy groups -OCH3 is 1. The molecule has 33 heavy (non-hydrogen) atoms. The van der Waals surface area contributed by atoms with E-state index >= 15 is 0 Å². The number of amides is 1. The highest BCUT2D eigenvalue weighted by Crippen LogP contribution is 2.39. The molecule has 0 aliphatic carbocycles. The van der Waals surface area contributed by atoms with Gasteiger partial charge in [-0.1, -0.05) is 0 Å². The SMILES string of the molecule is COCC(CO)NC(=O)C1CN(c2cc(C)c3c(n2)N(c2nccs2)CC(C(=O)O)C3=O)C1. The first-order chi connectivity index (χ1) is 15.8. The molecular formula is C21H25N5O6S. The predicted octanol–water partition coefficient (Wildman–Crippen LogP) is 0.441. The second-order valence-corrected chi connectivity index (χ2v) is 8.99. The van der Waals surface area contributed by atoms with Crippen molar-refractivity contribution in [3.8, 4) is 0 Å². The Hall–Kier alpha value is -3.09. The fourth-order valence-corrected chi connectivity index (χ4v) is 4.68. The smallest absolute Gasteiger partial charge is 0.316 e. The minimum Gasteiger partial charge on any atom is -0.481 e. The van der Waals surface area contributed by atoms with Gasteiger partial charge in [0.15, 0.2) is 10.9 Å². The van der Waals surface area contributed by atoms with E-state index in [1.807, 2.05) is 4.90 Å². The molecule has 4 heterocycles. The summed E-state index contributed by atoms with van der Waals surface area (Å²) in [4.78, 5) is 49.7. The third-order valence-corrected chi connectivity index (χ3v) is 6.62. The third kappa shape index (κ3) is 4.41. The minimum absolute atomic E-state index is 0.0440. The summed E-state index contributed by atoms with van der Waals surface area (Å²) in [6.07, 6.45) is 1.62. The number of nitrogens with zero attached hydrogens (tertiary/aromatic N) is 4. The number of aliphatic carboxylic acids is 1. The Kier molecular flexibility index (Phi) is 6.58. The summed E-state index contributed by atoms with van der Waals surface area (Å²) in [5.74, 6) is -2.28. The first-order valence-electron chi connectivity index (χ1n) is 10.4. The van der Waals surface area contributed by atoms with Crippen molar-refractivity contribution < 1.29 is 29.3 Å². The zero-order valence-electron chi connectivity index (χ0n) is 18.2. The number of anilines is 3. The van der Waals surface area contributed by atoms with Crippen LogP contribution in [0.3, 0.4) is 0 Å². The molecule has 2 aliphatic heterocycles. The van der Waals surface area contributed by atoms with Gasteiger partial charge in [-0.05, 0) is 18.6 Å². The number of rotatable bonds is 8. The van der Waals surface area contributed by atoms with Crippen molar-refractivity contribution >= 4 is 45.8 Å². The van der Waals surface area contributed by atoms with Crippen LogP contribution in [0, 0.1) is 18.8 Å². The molecule has 2 aromatic heterocycles. The topological polar surface area (TPSA) is 145 Å². The molecule has 2 unspecified atom stereocenters. The summed E-state index contributed by atoms with van der Waals surface area (Å²) in [5.41, 5.74) is 0.911. The molecule has 0 spiro atoms. The molecule has 1 amide bonds. The van der Waals surface area contributed by atoms with Gasteiger partial charge in [0.1, 0.15) is 17.6 Å². The van der Waals surface area contributed by atoms with Gasteiger partial charge in [0, 0.05) is 38.3 Å². The number of carboxylic acid groups (broad SMARTS) is 1. The van der Waals surface area contributed by atoms with Crippen molar-refractivity contribution in [1.82, 2.24) is 15.3 Å². The molecule has 0 aromatic carbocycles. The molecule has 3 N–H and O–H groups in total. The van der Waals surface area contributed by atoms with Crippen LogP contribution in [0.5, 0.6) is 0 Å². The molecule has 0 radical (unpaired) electrons. The number of nitrogens with one attached hydrogen (secondary N) is 1. The first kappa shape index (κ1) is 23.1. The number of pyridine rings is 1. The van der Waals surface area contributed by atoms with E-state index in [-0.39, 0.29) is 37.1 Å². The third-order valence-electron chi connectivity index (χ3n) is 5.83. The van der Waals surface area contributed by atoms with E-state index in [1.54, 1.807) is 29.5 Å². The molecule has 176 valence electrons. The average molecular weight is 476 g/mol. The monoisotopic (exact) mass is 475 g/mol. The Bertz CT molecular complexity index is 1060. The van der Waals surface area contributed by atoms with Gasteiger partial charge >= 0.3 is 5.97 Å². The summed E-state index contributed by atoms with van der Waals surface area (Å²) in [7, 11) is 1.50. The number of aliphatic hydroxyl groups excluding tert-OH is 1. The number of carbonyl (C=O) groups is 3. The highest BCUT2D eigenvalue weighted by molar-refractivity contribution is 7.13. The van der Waals surface area contributed by atoms with Crippen molar-refractivity contribution in [2.24, 2.45) is 11.8 Å². The van der Waals surface area contributed by atoms with Crippen LogP contribution in [0.25, 0.3) is 0 Å². The fraction of sp³-hybridized carbons (Fsp3) is 0.476. The molecule has 11 nitrogen and oxygen atoms in total. The Morgan fingerprint density at radius 3 is 2.73 bits per heavy atom. The summed E-state index contributed by atoms with van der Waals surface area (Å²) in [6, 6.07) is 1.29. The van der Waals surface area contributed by atoms with Crippen LogP contribution in [0.1, 0.15) is 15.9 Å². The van der Waals surface area contributed by atoms with Crippen molar-refractivity contribution in [2.45, 2.75) is 13.0 Å². The number of aryl methyl sites for hydroxylation is 1. The number of aliphatic hydroxyl groups is 1. The molecule has 1 fully saturated rings. The number of Topliss-reactive ketones (excluding diaryl/α,β-unsaturated/α-hetero) is 1. The Labute approximate surface area is 194 Å². The van der Waals surface area contributed by atoms with E-state index < -0.39 is 23.7 Å². The predicted molar refractivity (Wildman–Crippen MR) is 120 cm³/mol. The van der Waals surface area contributed by atoms with E-state index in [4.69, 9.17) is 9.72 Å². The number of fused-ring (bicyclic) bond motifs is 1. The van der Waals surface area contributed by atoms with E-state index in [1.165, 1.54) is 18.4 Å². The van der Waals surface area contributed by atoms with Crippen LogP contribution in [0.4, 0.5) is 16.8 Å². The normalized spacial score (nSPS) is 19.1. The Morgan fingerprint density at radius 2 is 2.12 bits per heavy atom. The van der Waals surface area contributed by atoms with E-state index in [0.717, 1.165) is 0 Å². The first-order valence-corrected chi connectivity index (χ1v) is 11.3. The number of aromatic nitrogens is 2. The van der Waals surface area contributed by atoms with Crippen molar-refractivity contribution in [1.29, 1.82) is 0 Å². The molecular weight excluding hydrogens is 450 g/mol. The Balaban J connectivity index is 1.57. The summed E-state index contributed by atoms with van der Waals surface area (Å²) in [5, 5.41) is 24.0. The van der Waals surface area contributed by atoms with E-state index in [2.05, 4.69) is 10.3 Å². The second-order valence-electron chi connectivity index (χ2n) is 8.12. The zero-order valence-corrected chi connectivity index (χ0v) is 19.0. The molecule has 0 saturated carbocycles. The summed E-state index contributed by atoms with van der Waals surface area (Å²) >= 11 is 1.34. The number of carbonyl (C=O) groups excluding carboxylic acids is 2. The summed E-state index contributed by atoms with van der Waals surface area (Å²) in [6.45, 7) is 2.60. The van der Waals surface area contributed by atoms with Crippen molar-refractivity contribution in [3.63, 3.8) is 0 Å². The van der Waals surface area contributed by atoms with Crippen LogP contribution in [0.15, 0.2) is 17.6 Å². The molecule has 2 atom stereocenters. The summed E-state index contributed by atoms with van der Waals surface area (Å²) < 4.78 is 4.99. The van der Waals surface area contributed by atoms with Crippen LogP contribution in [-0.2, 0) is 14.3 Å². The van der Waals surface area contributed by atoms with Crippen LogP contribution in [-0.4, -0.2) is 83.8 Å². The largest absolute Gasteiger partial charge is 0.481 e. The number of ether oxygens (including phenoxy) is 1. The molecule has 1 saturated heterocycles. The molecule has 2 aliphatic rings. The van der Waals surface area contributed by atoms with Crippen molar-refractivity contribution in [3.05, 3.63) is 28.8 Å². The van der Waals surface area contributed by atoms with Gasteiger partial charge < -0.3 is 30.1 Å². The lowest BCUT2D eigenvalue weighted by atomic mass is 9.90. The van der Waals surface area contributed by atoms with Crippen LogP contribution >= 0.6 is 11.3 Å². The fourth-order valence-electron chi connectivity index (χ4n) is 4.03. The molecule has 0 bridgehead atoms. The molecule has 12 heteroatoms. The van der Waals surface area contributed by atoms with Gasteiger partial charge in [-0.2, -0.15) is 0 Å². The van der Waals surface area contributed by atoms with Gasteiger partial charge in [-0.15, -0.1) is 11.3 Å². The second kappa shape index (κ2) is 9.41. The minimum atomic E-state index is -1.20. The maximum Gasteiger partial charge on any atom is 0.316 e. The van der Waals surface area contributed by atoms with Crippen molar-refractivity contribution in [2.75, 3.05) is 49.8 Å². The average Bonchev–Trinajstić information content (AvgIpc) is 3.26. The quantitative estimate of drug-likeness (QED) is 0.460. The number of hydrogen-bond donors (Lipinski definition) is 3. The maximum atomic E-state index is 12.9. The standard InChI is InChI=1S/C21H25N5O6S/c1-11-5-15(25-6-12(7-25)19(29)23-13(9-27)10-32-2)24-18-16(11)17(28)14(20(30)31)8-26(18)21-22-3-4-33-21/h3-5,12-14,27H,6-10H2,1-2H3,(H,23,29)(H,30,31). The van der Waals surface area contributed by atoms with Crippen LogP contribution < -0.4 is 15.1 Å². The van der Waals surface area contributed by atoms with Gasteiger partial charge in [-0.3, -0.25) is 14.4 Å². The number of ketones is 1. The zero-order chi connectivity index (χ0) is 23.7. The highest BCUT2D eigenvalue weighted by Gasteiger charge is 2.41.